The van der Waals surface area contributed by atoms with Gasteiger partial charge in [-0.2, -0.15) is 0 Å². The number of rotatable bonds is 6. The van der Waals surface area contributed by atoms with Crippen LogP contribution in [0.2, 0.25) is 0 Å². The Kier molecular flexibility index (Phi) is 6.07. The summed E-state index contributed by atoms with van der Waals surface area (Å²) in [5, 5.41) is 7.18. The lowest BCUT2D eigenvalue weighted by molar-refractivity contribution is -0.121. The molecule has 2 aromatic rings. The van der Waals surface area contributed by atoms with E-state index in [0.29, 0.717) is 24.2 Å². The zero-order valence-corrected chi connectivity index (χ0v) is 17.4. The molecular formula is C23H30N4O2. The van der Waals surface area contributed by atoms with Crippen molar-refractivity contribution in [3.8, 4) is 11.3 Å². The Bertz CT molecular complexity index is 881. The largest absolute Gasteiger partial charge is 0.356 e. The summed E-state index contributed by atoms with van der Waals surface area (Å²) in [6.07, 6.45) is 13.4. The Morgan fingerprint density at radius 3 is 2.72 bits per heavy atom. The van der Waals surface area contributed by atoms with Gasteiger partial charge in [-0.05, 0) is 64.2 Å². The van der Waals surface area contributed by atoms with Crippen LogP contribution in [0, 0.1) is 25.7 Å². The predicted molar refractivity (Wildman–Crippen MR) is 111 cm³/mol. The van der Waals surface area contributed by atoms with E-state index >= 15 is 0 Å². The van der Waals surface area contributed by atoms with Crippen molar-refractivity contribution in [3.63, 3.8) is 0 Å². The summed E-state index contributed by atoms with van der Waals surface area (Å²) in [5.74, 6) is 3.10. The van der Waals surface area contributed by atoms with Crippen LogP contribution in [0.1, 0.15) is 68.1 Å². The van der Waals surface area contributed by atoms with Crippen molar-refractivity contribution in [1.29, 1.82) is 0 Å². The van der Waals surface area contributed by atoms with Gasteiger partial charge in [-0.15, -0.1) is 0 Å². The van der Waals surface area contributed by atoms with Crippen molar-refractivity contribution in [1.82, 2.24) is 20.4 Å². The van der Waals surface area contributed by atoms with E-state index in [2.05, 4.69) is 27.6 Å². The first-order valence-electron chi connectivity index (χ1n) is 10.8. The molecule has 1 atom stereocenters. The molecule has 29 heavy (non-hydrogen) atoms. The fourth-order valence-corrected chi connectivity index (χ4v) is 4.55. The molecule has 2 heterocycles. The molecule has 1 fully saturated rings. The second-order valence-corrected chi connectivity index (χ2v) is 8.54. The van der Waals surface area contributed by atoms with Crippen molar-refractivity contribution < 1.29 is 9.32 Å². The lowest BCUT2D eigenvalue weighted by atomic mass is 9.79. The van der Waals surface area contributed by atoms with Crippen molar-refractivity contribution >= 4 is 5.91 Å². The Morgan fingerprint density at radius 2 is 2.03 bits per heavy atom. The van der Waals surface area contributed by atoms with Gasteiger partial charge in [-0.25, -0.2) is 9.97 Å². The fourth-order valence-electron chi connectivity index (χ4n) is 4.55. The average molecular weight is 395 g/mol. The molecule has 6 heteroatoms. The number of hydrogen-bond acceptors (Lipinski definition) is 5. The van der Waals surface area contributed by atoms with Crippen LogP contribution in [-0.2, 0) is 4.79 Å². The van der Waals surface area contributed by atoms with Gasteiger partial charge in [0, 0.05) is 31.1 Å². The van der Waals surface area contributed by atoms with E-state index in [-0.39, 0.29) is 5.91 Å². The van der Waals surface area contributed by atoms with Gasteiger partial charge in [-0.1, -0.05) is 17.3 Å². The molecule has 1 N–H and O–H groups in total. The van der Waals surface area contributed by atoms with Crippen LogP contribution in [0.15, 0.2) is 28.9 Å². The topological polar surface area (TPSA) is 80.9 Å². The molecule has 0 radical (unpaired) electrons. The molecular weight excluding hydrogens is 364 g/mol. The number of carbonyl (C=O) groups is 1. The molecule has 0 spiro atoms. The number of nitrogens with one attached hydrogen (secondary N) is 1. The molecule has 4 rings (SSSR count). The second kappa shape index (κ2) is 8.89. The van der Waals surface area contributed by atoms with Gasteiger partial charge < -0.3 is 9.84 Å². The smallest absolute Gasteiger partial charge is 0.220 e. The molecule has 2 aromatic heterocycles. The molecule has 6 nitrogen and oxygen atoms in total. The molecule has 1 saturated carbocycles. The van der Waals surface area contributed by atoms with E-state index in [4.69, 9.17) is 9.51 Å². The zero-order chi connectivity index (χ0) is 20.2. The van der Waals surface area contributed by atoms with Crippen LogP contribution in [-0.4, -0.2) is 27.6 Å². The highest BCUT2D eigenvalue weighted by Gasteiger charge is 2.27. The Labute approximate surface area is 172 Å². The Balaban J connectivity index is 1.33. The molecule has 154 valence electrons. The minimum atomic E-state index is 0.193. The van der Waals surface area contributed by atoms with Crippen LogP contribution in [0.5, 0.6) is 0 Å². The second-order valence-electron chi connectivity index (χ2n) is 8.54. The maximum absolute atomic E-state index is 12.2. The van der Waals surface area contributed by atoms with Gasteiger partial charge in [0.05, 0.1) is 17.0 Å². The molecule has 1 amide bonds. The predicted octanol–water partition coefficient (Wildman–Crippen LogP) is 4.49. The minimum Gasteiger partial charge on any atom is -0.356 e. The van der Waals surface area contributed by atoms with E-state index in [0.717, 1.165) is 73.6 Å². The lowest BCUT2D eigenvalue weighted by Crippen LogP contribution is -2.32. The van der Waals surface area contributed by atoms with Gasteiger partial charge in [0.2, 0.25) is 5.91 Å². The number of aryl methyl sites for hydroxylation is 2. The zero-order valence-electron chi connectivity index (χ0n) is 17.4. The third-order valence-corrected chi connectivity index (χ3v) is 6.21. The van der Waals surface area contributed by atoms with E-state index in [1.165, 1.54) is 0 Å². The molecule has 1 unspecified atom stereocenters. The summed E-state index contributed by atoms with van der Waals surface area (Å²) < 4.78 is 5.48. The van der Waals surface area contributed by atoms with E-state index in [1.807, 2.05) is 26.1 Å². The monoisotopic (exact) mass is 394 g/mol. The van der Waals surface area contributed by atoms with E-state index in [1.54, 1.807) is 0 Å². The standard InChI is InChI=1S/C23H30N4O2/c1-15-11-21(29-27-15)20-14-24-16(2)26-23(20)19-9-7-18(8-10-19)13-25-22(28)12-17-5-3-4-6-17/h3,5,11,14,17-19H,4,6-10,12-13H2,1-2H3,(H,25,28). The van der Waals surface area contributed by atoms with Crippen molar-refractivity contribution in [2.24, 2.45) is 11.8 Å². The first kappa shape index (κ1) is 19.8. The molecule has 2 aliphatic carbocycles. The highest BCUT2D eigenvalue weighted by Crippen LogP contribution is 2.38. The third kappa shape index (κ3) is 4.92. The number of hydrogen-bond donors (Lipinski definition) is 1. The van der Waals surface area contributed by atoms with Gasteiger partial charge in [0.15, 0.2) is 5.76 Å². The molecule has 0 aliphatic heterocycles. The van der Waals surface area contributed by atoms with Crippen LogP contribution in [0.3, 0.4) is 0 Å². The van der Waals surface area contributed by atoms with Crippen LogP contribution < -0.4 is 5.32 Å². The van der Waals surface area contributed by atoms with Gasteiger partial charge in [-0.3, -0.25) is 4.79 Å². The van der Waals surface area contributed by atoms with E-state index < -0.39 is 0 Å². The number of allylic oxidation sites excluding steroid dienone is 2. The summed E-state index contributed by atoms with van der Waals surface area (Å²) in [5.41, 5.74) is 2.89. The first-order valence-corrected chi connectivity index (χ1v) is 10.8. The Morgan fingerprint density at radius 1 is 1.21 bits per heavy atom. The number of aromatic nitrogens is 3. The number of nitrogens with zero attached hydrogens (tertiary/aromatic N) is 3. The van der Waals surface area contributed by atoms with E-state index in [9.17, 15) is 4.79 Å². The van der Waals surface area contributed by atoms with Gasteiger partial charge in [0.25, 0.3) is 0 Å². The summed E-state index contributed by atoms with van der Waals surface area (Å²) in [4.78, 5) is 21.3. The Hall–Kier alpha value is -2.50. The number of carbonyl (C=O) groups excluding carboxylic acids is 1. The average Bonchev–Trinajstić information content (AvgIpc) is 3.38. The van der Waals surface area contributed by atoms with Gasteiger partial charge >= 0.3 is 0 Å². The molecule has 0 aromatic carbocycles. The van der Waals surface area contributed by atoms with Crippen molar-refractivity contribution in [2.75, 3.05) is 6.54 Å². The maximum atomic E-state index is 12.2. The normalized spacial score (nSPS) is 24.0. The summed E-state index contributed by atoms with van der Waals surface area (Å²) >= 11 is 0. The third-order valence-electron chi connectivity index (χ3n) is 6.21. The minimum absolute atomic E-state index is 0.193. The summed E-state index contributed by atoms with van der Waals surface area (Å²) in [7, 11) is 0. The first-order chi connectivity index (χ1) is 14.1. The summed E-state index contributed by atoms with van der Waals surface area (Å²) in [6, 6.07) is 1.94. The van der Waals surface area contributed by atoms with Crippen LogP contribution in [0.25, 0.3) is 11.3 Å². The number of amides is 1. The highest BCUT2D eigenvalue weighted by atomic mass is 16.5. The highest BCUT2D eigenvalue weighted by molar-refractivity contribution is 5.76. The van der Waals surface area contributed by atoms with Crippen molar-refractivity contribution in [2.45, 2.75) is 64.7 Å². The molecule has 2 aliphatic rings. The SMILES string of the molecule is Cc1cc(-c2cnc(C)nc2C2CCC(CNC(=O)CC3C=CCC3)CC2)on1. The lowest BCUT2D eigenvalue weighted by Gasteiger charge is -2.29. The van der Waals surface area contributed by atoms with Crippen LogP contribution >= 0.6 is 0 Å². The van der Waals surface area contributed by atoms with Gasteiger partial charge in [0.1, 0.15) is 5.82 Å². The molecule has 0 saturated heterocycles. The fraction of sp³-hybridized carbons (Fsp3) is 0.565. The van der Waals surface area contributed by atoms with Crippen LogP contribution in [0.4, 0.5) is 0 Å². The maximum Gasteiger partial charge on any atom is 0.220 e. The molecule has 0 bridgehead atoms. The summed E-state index contributed by atoms with van der Waals surface area (Å²) in [6.45, 7) is 4.64. The quantitative estimate of drug-likeness (QED) is 0.730. The van der Waals surface area contributed by atoms with Crippen molar-refractivity contribution in [3.05, 3.63) is 41.6 Å².